The Kier molecular flexibility index (Phi) is 2.68. The highest BCUT2D eigenvalue weighted by atomic mass is 16.5. The Balaban J connectivity index is 1.85. The number of aromatic nitrogens is 2. The molecule has 1 aliphatic heterocycles. The van der Waals surface area contributed by atoms with Crippen molar-refractivity contribution in [2.75, 3.05) is 13.1 Å². The molecule has 0 saturated carbocycles. The van der Waals surface area contributed by atoms with E-state index >= 15 is 0 Å². The van der Waals surface area contributed by atoms with Crippen LogP contribution < -0.4 is 5.32 Å². The van der Waals surface area contributed by atoms with E-state index < -0.39 is 0 Å². The summed E-state index contributed by atoms with van der Waals surface area (Å²) < 4.78 is 10.6. The Morgan fingerprint density at radius 3 is 3.12 bits per heavy atom. The number of nitrogens with zero attached hydrogens (tertiary/aromatic N) is 2. The molecule has 0 bridgehead atoms. The minimum atomic E-state index is 0.358. The molecule has 1 unspecified atom stereocenters. The molecule has 90 valence electrons. The van der Waals surface area contributed by atoms with Gasteiger partial charge in [-0.25, -0.2) is 0 Å². The summed E-state index contributed by atoms with van der Waals surface area (Å²) in [5.74, 6) is 2.29. The lowest BCUT2D eigenvalue weighted by Gasteiger charge is -2.19. The Morgan fingerprint density at radius 2 is 2.41 bits per heavy atom. The summed E-state index contributed by atoms with van der Waals surface area (Å²) in [5, 5.41) is 7.39. The van der Waals surface area contributed by atoms with Gasteiger partial charge in [0.05, 0.1) is 6.26 Å². The first kappa shape index (κ1) is 10.5. The zero-order valence-corrected chi connectivity index (χ0v) is 9.77. The summed E-state index contributed by atoms with van der Waals surface area (Å²) >= 11 is 0. The van der Waals surface area contributed by atoms with E-state index in [0.717, 1.165) is 37.3 Å². The zero-order valence-electron chi connectivity index (χ0n) is 9.77. The van der Waals surface area contributed by atoms with Gasteiger partial charge in [0.25, 0.3) is 5.89 Å². The number of piperidine rings is 1. The van der Waals surface area contributed by atoms with Crippen molar-refractivity contribution in [2.24, 2.45) is 0 Å². The van der Waals surface area contributed by atoms with Gasteiger partial charge in [-0.15, -0.1) is 0 Å². The Hall–Kier alpha value is -1.62. The molecule has 0 amide bonds. The van der Waals surface area contributed by atoms with Crippen LogP contribution in [0.3, 0.4) is 0 Å². The van der Waals surface area contributed by atoms with Gasteiger partial charge in [0.15, 0.2) is 11.6 Å². The molecule has 0 aromatic carbocycles. The summed E-state index contributed by atoms with van der Waals surface area (Å²) in [7, 11) is 0. The van der Waals surface area contributed by atoms with Crippen molar-refractivity contribution in [2.45, 2.75) is 25.7 Å². The van der Waals surface area contributed by atoms with Crippen LogP contribution in [-0.2, 0) is 0 Å². The van der Waals surface area contributed by atoms with E-state index in [1.54, 1.807) is 6.26 Å². The average Bonchev–Trinajstić information content (AvgIpc) is 2.98. The number of hydrogen-bond acceptors (Lipinski definition) is 5. The summed E-state index contributed by atoms with van der Waals surface area (Å²) in [5.41, 5.74) is 1.02. The molecule has 1 aliphatic rings. The van der Waals surface area contributed by atoms with Crippen molar-refractivity contribution in [1.29, 1.82) is 0 Å². The summed E-state index contributed by atoms with van der Waals surface area (Å²) in [6.07, 6.45) is 3.91. The fourth-order valence-electron chi connectivity index (χ4n) is 2.16. The fraction of sp³-hybridized carbons (Fsp3) is 0.500. The maximum atomic E-state index is 5.34. The monoisotopic (exact) mass is 233 g/mol. The minimum Gasteiger partial charge on any atom is -0.459 e. The van der Waals surface area contributed by atoms with Gasteiger partial charge in [-0.1, -0.05) is 5.16 Å². The summed E-state index contributed by atoms with van der Waals surface area (Å²) in [4.78, 5) is 4.43. The third-order valence-electron chi connectivity index (χ3n) is 3.16. The fourth-order valence-corrected chi connectivity index (χ4v) is 2.16. The second kappa shape index (κ2) is 4.33. The van der Waals surface area contributed by atoms with Crippen molar-refractivity contribution in [1.82, 2.24) is 15.5 Å². The highest BCUT2D eigenvalue weighted by Crippen LogP contribution is 2.26. The standard InChI is InChI=1S/C12H15N3O2/c1-8-4-6-16-10(8)12-14-11(15-17-12)9-3-2-5-13-7-9/h4,6,9,13H,2-3,5,7H2,1H3. The molecule has 3 rings (SSSR count). The highest BCUT2D eigenvalue weighted by molar-refractivity contribution is 5.49. The first-order valence-electron chi connectivity index (χ1n) is 5.93. The molecule has 0 radical (unpaired) electrons. The lowest BCUT2D eigenvalue weighted by molar-refractivity contribution is 0.386. The third-order valence-corrected chi connectivity index (χ3v) is 3.16. The largest absolute Gasteiger partial charge is 0.459 e. The van der Waals surface area contributed by atoms with Gasteiger partial charge in [-0.2, -0.15) is 4.98 Å². The number of nitrogens with one attached hydrogen (secondary N) is 1. The molecule has 1 saturated heterocycles. The van der Waals surface area contributed by atoms with E-state index in [0.29, 0.717) is 17.6 Å². The quantitative estimate of drug-likeness (QED) is 0.860. The van der Waals surface area contributed by atoms with Crippen LogP contribution in [0.4, 0.5) is 0 Å². The second-order valence-electron chi connectivity index (χ2n) is 4.43. The van der Waals surface area contributed by atoms with E-state index in [2.05, 4.69) is 15.5 Å². The molecule has 3 heterocycles. The molecule has 17 heavy (non-hydrogen) atoms. The number of rotatable bonds is 2. The molecule has 0 aliphatic carbocycles. The highest BCUT2D eigenvalue weighted by Gasteiger charge is 2.22. The van der Waals surface area contributed by atoms with Gasteiger partial charge >= 0.3 is 0 Å². The van der Waals surface area contributed by atoms with Crippen molar-refractivity contribution in [3.63, 3.8) is 0 Å². The first-order valence-corrected chi connectivity index (χ1v) is 5.93. The molecular weight excluding hydrogens is 218 g/mol. The summed E-state index contributed by atoms with van der Waals surface area (Å²) in [6, 6.07) is 1.89. The van der Waals surface area contributed by atoms with Crippen molar-refractivity contribution >= 4 is 0 Å². The van der Waals surface area contributed by atoms with Crippen molar-refractivity contribution in [3.8, 4) is 11.7 Å². The Labute approximate surface area is 99.2 Å². The van der Waals surface area contributed by atoms with Crippen LogP contribution in [-0.4, -0.2) is 23.2 Å². The van der Waals surface area contributed by atoms with Gasteiger partial charge in [-0.05, 0) is 32.4 Å². The molecule has 1 atom stereocenters. The maximum absolute atomic E-state index is 5.34. The van der Waals surface area contributed by atoms with E-state index in [-0.39, 0.29) is 0 Å². The number of hydrogen-bond donors (Lipinski definition) is 1. The van der Waals surface area contributed by atoms with E-state index in [9.17, 15) is 0 Å². The predicted molar refractivity (Wildman–Crippen MR) is 61.6 cm³/mol. The van der Waals surface area contributed by atoms with Crippen LogP contribution in [0.5, 0.6) is 0 Å². The number of aryl methyl sites for hydroxylation is 1. The van der Waals surface area contributed by atoms with Crippen LogP contribution in [0.25, 0.3) is 11.7 Å². The lowest BCUT2D eigenvalue weighted by Crippen LogP contribution is -2.28. The van der Waals surface area contributed by atoms with Gasteiger partial charge in [0.2, 0.25) is 0 Å². The molecule has 5 heteroatoms. The average molecular weight is 233 g/mol. The van der Waals surface area contributed by atoms with E-state index in [4.69, 9.17) is 8.94 Å². The maximum Gasteiger partial charge on any atom is 0.293 e. The first-order chi connectivity index (χ1) is 8.34. The Morgan fingerprint density at radius 1 is 1.47 bits per heavy atom. The van der Waals surface area contributed by atoms with Crippen molar-refractivity contribution < 1.29 is 8.94 Å². The van der Waals surface area contributed by atoms with Crippen LogP contribution in [0, 0.1) is 6.92 Å². The van der Waals surface area contributed by atoms with Crippen LogP contribution >= 0.6 is 0 Å². The lowest BCUT2D eigenvalue weighted by atomic mass is 9.99. The normalized spacial score (nSPS) is 20.6. The van der Waals surface area contributed by atoms with Crippen LogP contribution in [0.15, 0.2) is 21.3 Å². The molecule has 2 aromatic rings. The van der Waals surface area contributed by atoms with E-state index in [1.165, 1.54) is 0 Å². The Bertz CT molecular complexity index is 497. The third kappa shape index (κ3) is 1.98. The molecule has 2 aromatic heterocycles. The zero-order chi connectivity index (χ0) is 11.7. The molecule has 1 fully saturated rings. The van der Waals surface area contributed by atoms with Gasteiger partial charge in [0.1, 0.15) is 0 Å². The van der Waals surface area contributed by atoms with E-state index in [1.807, 2.05) is 13.0 Å². The van der Waals surface area contributed by atoms with Crippen LogP contribution in [0.2, 0.25) is 0 Å². The van der Waals surface area contributed by atoms with Crippen molar-refractivity contribution in [3.05, 3.63) is 23.7 Å². The van der Waals surface area contributed by atoms with Gasteiger partial charge < -0.3 is 14.3 Å². The topological polar surface area (TPSA) is 64.1 Å². The van der Waals surface area contributed by atoms with Gasteiger partial charge in [0, 0.05) is 18.0 Å². The molecule has 1 N–H and O–H groups in total. The SMILES string of the molecule is Cc1ccoc1-c1nc(C2CCCNC2)no1. The smallest absolute Gasteiger partial charge is 0.293 e. The van der Waals surface area contributed by atoms with Gasteiger partial charge in [-0.3, -0.25) is 0 Å². The van der Waals surface area contributed by atoms with Crippen LogP contribution in [0.1, 0.15) is 30.1 Å². The number of furan rings is 1. The molecular formula is C12H15N3O2. The molecule has 5 nitrogen and oxygen atoms in total. The summed E-state index contributed by atoms with van der Waals surface area (Å²) in [6.45, 7) is 3.97. The molecule has 0 spiro atoms. The predicted octanol–water partition coefficient (Wildman–Crippen LogP) is 2.11. The second-order valence-corrected chi connectivity index (χ2v) is 4.43. The minimum absolute atomic E-state index is 0.358.